The van der Waals surface area contributed by atoms with E-state index in [9.17, 15) is 4.79 Å². The number of halogens is 1. The molecule has 0 aliphatic rings. The van der Waals surface area contributed by atoms with Crippen LogP contribution >= 0.6 is 22.9 Å². The molecule has 6 heteroatoms. The van der Waals surface area contributed by atoms with Crippen LogP contribution in [0.3, 0.4) is 0 Å². The summed E-state index contributed by atoms with van der Waals surface area (Å²) in [6.45, 7) is 4.97. The van der Waals surface area contributed by atoms with E-state index in [2.05, 4.69) is 23.9 Å². The Kier molecular flexibility index (Phi) is 4.14. The molecular formula is C12H14ClN3OS. The zero-order chi connectivity index (χ0) is 13.1. The Morgan fingerprint density at radius 1 is 1.56 bits per heavy atom. The number of carbonyl (C=O) groups is 1. The van der Waals surface area contributed by atoms with Crippen LogP contribution in [0.25, 0.3) is 0 Å². The summed E-state index contributed by atoms with van der Waals surface area (Å²) in [7, 11) is 0. The molecule has 0 saturated carbocycles. The van der Waals surface area contributed by atoms with Gasteiger partial charge < -0.3 is 0 Å². The second-order valence-electron chi connectivity index (χ2n) is 4.45. The molecule has 0 saturated heterocycles. The van der Waals surface area contributed by atoms with E-state index < -0.39 is 0 Å². The normalized spacial score (nSPS) is 11.1. The molecule has 0 fully saturated rings. The van der Waals surface area contributed by atoms with Crippen LogP contribution in [0.5, 0.6) is 0 Å². The number of thiophene rings is 1. The summed E-state index contributed by atoms with van der Waals surface area (Å²) in [6, 6.07) is 1.73. The molecule has 0 amide bonds. The number of Topliss-reactive ketones (excluding diaryl/α,β-unsaturated/α-hetero) is 1. The summed E-state index contributed by atoms with van der Waals surface area (Å²) in [5.74, 6) is 1.15. The highest BCUT2D eigenvalue weighted by Gasteiger charge is 2.16. The average molecular weight is 284 g/mol. The molecule has 0 bridgehead atoms. The first-order valence-electron chi connectivity index (χ1n) is 5.70. The third-order valence-corrected chi connectivity index (χ3v) is 3.81. The summed E-state index contributed by atoms with van der Waals surface area (Å²) in [5, 5.41) is 6.46. The average Bonchev–Trinajstić information content (AvgIpc) is 2.88. The van der Waals surface area contributed by atoms with Gasteiger partial charge in [0.1, 0.15) is 12.2 Å². The maximum absolute atomic E-state index is 12.1. The van der Waals surface area contributed by atoms with Crippen molar-refractivity contribution in [3.8, 4) is 0 Å². The number of aromatic nitrogens is 3. The van der Waals surface area contributed by atoms with Crippen molar-refractivity contribution in [1.29, 1.82) is 0 Å². The number of rotatable bonds is 5. The van der Waals surface area contributed by atoms with Crippen LogP contribution in [-0.4, -0.2) is 20.5 Å². The third-order valence-electron chi connectivity index (χ3n) is 2.42. The Labute approximate surface area is 115 Å². The molecule has 0 unspecified atom stereocenters. The quantitative estimate of drug-likeness (QED) is 0.792. The fraction of sp³-hybridized carbons (Fsp3) is 0.417. The highest BCUT2D eigenvalue weighted by Crippen LogP contribution is 2.23. The number of nitrogens with zero attached hydrogens (tertiary/aromatic N) is 3. The van der Waals surface area contributed by atoms with Gasteiger partial charge in [-0.2, -0.15) is 5.10 Å². The molecule has 0 aliphatic heterocycles. The van der Waals surface area contributed by atoms with Gasteiger partial charge in [-0.05, 0) is 17.4 Å². The zero-order valence-corrected chi connectivity index (χ0v) is 11.8. The lowest BCUT2D eigenvalue weighted by Crippen LogP contribution is -2.13. The molecule has 2 heterocycles. The lowest BCUT2D eigenvalue weighted by atomic mass is 10.2. The molecule has 2 aromatic heterocycles. The molecule has 4 nitrogen and oxygen atoms in total. The van der Waals surface area contributed by atoms with Gasteiger partial charge in [-0.15, -0.1) is 11.3 Å². The van der Waals surface area contributed by atoms with Crippen LogP contribution in [0.4, 0.5) is 0 Å². The van der Waals surface area contributed by atoms with E-state index in [0.717, 1.165) is 6.54 Å². The molecule has 0 aliphatic carbocycles. The molecule has 2 aromatic rings. The number of hydrogen-bond donors (Lipinski definition) is 0. The van der Waals surface area contributed by atoms with E-state index in [4.69, 9.17) is 11.6 Å². The van der Waals surface area contributed by atoms with Crippen molar-refractivity contribution < 1.29 is 4.79 Å². The zero-order valence-electron chi connectivity index (χ0n) is 10.3. The number of carbonyl (C=O) groups excluding carboxylic acids is 1. The fourth-order valence-electron chi connectivity index (χ4n) is 1.64. The third kappa shape index (κ3) is 2.97. The Morgan fingerprint density at radius 3 is 2.94 bits per heavy atom. The van der Waals surface area contributed by atoms with Gasteiger partial charge in [0.2, 0.25) is 0 Å². The van der Waals surface area contributed by atoms with Crippen LogP contribution in [0.15, 0.2) is 17.8 Å². The van der Waals surface area contributed by atoms with Crippen LogP contribution < -0.4 is 0 Å². The van der Waals surface area contributed by atoms with Crippen molar-refractivity contribution in [2.24, 2.45) is 5.92 Å². The van der Waals surface area contributed by atoms with Crippen molar-refractivity contribution in [3.05, 3.63) is 33.5 Å². The largest absolute Gasteiger partial charge is 0.293 e. The van der Waals surface area contributed by atoms with Crippen LogP contribution in [-0.2, 0) is 13.0 Å². The van der Waals surface area contributed by atoms with E-state index in [1.807, 2.05) is 5.38 Å². The first-order valence-corrected chi connectivity index (χ1v) is 6.96. The maximum atomic E-state index is 12.1. The highest BCUT2D eigenvalue weighted by molar-refractivity contribution is 7.12. The lowest BCUT2D eigenvalue weighted by molar-refractivity contribution is 0.0993. The van der Waals surface area contributed by atoms with Gasteiger partial charge >= 0.3 is 0 Å². The molecule has 0 aromatic carbocycles. The molecule has 0 radical (unpaired) electrons. The minimum Gasteiger partial charge on any atom is -0.293 e. The first-order chi connectivity index (χ1) is 8.58. The molecular weight excluding hydrogens is 270 g/mol. The van der Waals surface area contributed by atoms with Gasteiger partial charge in [0, 0.05) is 6.54 Å². The SMILES string of the molecule is CC(C)Cn1ncnc1CC(=O)c1sccc1Cl. The van der Waals surface area contributed by atoms with E-state index >= 15 is 0 Å². The van der Waals surface area contributed by atoms with Gasteiger partial charge in [0.25, 0.3) is 0 Å². The van der Waals surface area contributed by atoms with Crippen LogP contribution in [0.1, 0.15) is 29.3 Å². The van der Waals surface area contributed by atoms with Crippen LogP contribution in [0.2, 0.25) is 5.02 Å². The van der Waals surface area contributed by atoms with Crippen molar-refractivity contribution in [2.75, 3.05) is 0 Å². The maximum Gasteiger partial charge on any atom is 0.181 e. The van der Waals surface area contributed by atoms with Gasteiger partial charge in [0.15, 0.2) is 5.78 Å². The Balaban J connectivity index is 2.13. The standard InChI is InChI=1S/C12H14ClN3OS/c1-8(2)6-16-11(14-7-15-16)5-10(17)12-9(13)3-4-18-12/h3-4,7-8H,5-6H2,1-2H3. The molecule has 96 valence electrons. The second-order valence-corrected chi connectivity index (χ2v) is 5.77. The second kappa shape index (κ2) is 5.63. The summed E-state index contributed by atoms with van der Waals surface area (Å²) < 4.78 is 1.78. The molecule has 18 heavy (non-hydrogen) atoms. The molecule has 0 N–H and O–H groups in total. The molecule has 0 atom stereocenters. The van der Waals surface area contributed by atoms with E-state index in [0.29, 0.717) is 21.6 Å². The summed E-state index contributed by atoms with van der Waals surface area (Å²) in [5.41, 5.74) is 0. The minimum absolute atomic E-state index is 0.00648. The Bertz CT molecular complexity index is 547. The Morgan fingerprint density at radius 2 is 2.33 bits per heavy atom. The van der Waals surface area contributed by atoms with Crippen molar-refractivity contribution in [2.45, 2.75) is 26.8 Å². The Hall–Kier alpha value is -1.20. The van der Waals surface area contributed by atoms with E-state index in [-0.39, 0.29) is 12.2 Å². The number of hydrogen-bond acceptors (Lipinski definition) is 4. The molecule has 2 rings (SSSR count). The van der Waals surface area contributed by atoms with E-state index in [1.54, 1.807) is 10.7 Å². The summed E-state index contributed by atoms with van der Waals surface area (Å²) >= 11 is 7.31. The smallest absolute Gasteiger partial charge is 0.181 e. The van der Waals surface area contributed by atoms with Crippen molar-refractivity contribution >= 4 is 28.7 Å². The van der Waals surface area contributed by atoms with E-state index in [1.165, 1.54) is 17.7 Å². The van der Waals surface area contributed by atoms with Gasteiger partial charge in [0.05, 0.1) is 16.3 Å². The monoisotopic (exact) mass is 283 g/mol. The van der Waals surface area contributed by atoms with Gasteiger partial charge in [-0.25, -0.2) is 9.67 Å². The summed E-state index contributed by atoms with van der Waals surface area (Å²) in [4.78, 5) is 16.8. The topological polar surface area (TPSA) is 47.8 Å². The first kappa shape index (κ1) is 13.2. The van der Waals surface area contributed by atoms with Crippen molar-refractivity contribution in [1.82, 2.24) is 14.8 Å². The summed E-state index contributed by atoms with van der Waals surface area (Å²) in [6.07, 6.45) is 1.73. The van der Waals surface area contributed by atoms with Crippen LogP contribution in [0, 0.1) is 5.92 Å². The van der Waals surface area contributed by atoms with Gasteiger partial charge in [-0.3, -0.25) is 4.79 Å². The van der Waals surface area contributed by atoms with Gasteiger partial charge in [-0.1, -0.05) is 25.4 Å². The lowest BCUT2D eigenvalue weighted by Gasteiger charge is -2.07. The molecule has 0 spiro atoms. The predicted molar refractivity (Wildman–Crippen MR) is 72.2 cm³/mol. The fourth-order valence-corrected chi connectivity index (χ4v) is 2.74. The highest BCUT2D eigenvalue weighted by atomic mass is 35.5. The predicted octanol–water partition coefficient (Wildman–Crippen LogP) is 3.07. The number of ketones is 1. The minimum atomic E-state index is -0.00648. The van der Waals surface area contributed by atoms with Crippen molar-refractivity contribution in [3.63, 3.8) is 0 Å².